The maximum atomic E-state index is 5.98. The summed E-state index contributed by atoms with van der Waals surface area (Å²) in [6.45, 7) is 4.28. The summed E-state index contributed by atoms with van der Waals surface area (Å²) in [5, 5.41) is 6.62. The molecule has 142 valence electrons. The SMILES string of the molecule is CN=C(NCc1ccccc1OCC1CC1)N(C)Cc1csc(C)n1.I. The molecular formula is C19H27IN4OS. The van der Waals surface area contributed by atoms with Crippen LogP contribution in [0.1, 0.15) is 29.1 Å². The van der Waals surface area contributed by atoms with Crippen LogP contribution in [0.5, 0.6) is 5.75 Å². The van der Waals surface area contributed by atoms with Crippen LogP contribution in [-0.4, -0.2) is 36.5 Å². The molecular weight excluding hydrogens is 459 g/mol. The number of thiazole rings is 1. The van der Waals surface area contributed by atoms with E-state index in [1.807, 2.05) is 32.2 Å². The van der Waals surface area contributed by atoms with Crippen LogP contribution in [0.15, 0.2) is 34.6 Å². The van der Waals surface area contributed by atoms with Gasteiger partial charge in [-0.3, -0.25) is 4.99 Å². The summed E-state index contributed by atoms with van der Waals surface area (Å²) in [7, 11) is 3.83. The first-order valence-corrected chi connectivity index (χ1v) is 9.57. The van der Waals surface area contributed by atoms with Crippen molar-refractivity contribution in [2.24, 2.45) is 10.9 Å². The zero-order valence-electron chi connectivity index (χ0n) is 15.6. The second-order valence-corrected chi connectivity index (χ2v) is 7.54. The fourth-order valence-corrected chi connectivity index (χ4v) is 3.24. The molecule has 1 heterocycles. The zero-order valence-corrected chi connectivity index (χ0v) is 18.7. The maximum absolute atomic E-state index is 5.98. The molecule has 0 amide bonds. The number of ether oxygens (including phenoxy) is 1. The van der Waals surface area contributed by atoms with Crippen molar-refractivity contribution in [1.82, 2.24) is 15.2 Å². The van der Waals surface area contributed by atoms with E-state index in [0.29, 0.717) is 6.54 Å². The molecule has 0 spiro atoms. The lowest BCUT2D eigenvalue weighted by Crippen LogP contribution is -2.38. The van der Waals surface area contributed by atoms with Crippen LogP contribution < -0.4 is 10.1 Å². The average Bonchev–Trinajstić information content (AvgIpc) is 3.36. The molecule has 0 bridgehead atoms. The highest BCUT2D eigenvalue weighted by molar-refractivity contribution is 14.0. The maximum Gasteiger partial charge on any atom is 0.194 e. The van der Waals surface area contributed by atoms with Crippen LogP contribution in [-0.2, 0) is 13.1 Å². The van der Waals surface area contributed by atoms with E-state index in [9.17, 15) is 0 Å². The van der Waals surface area contributed by atoms with Crippen molar-refractivity contribution in [3.8, 4) is 5.75 Å². The molecule has 1 aliphatic rings. The molecule has 26 heavy (non-hydrogen) atoms. The van der Waals surface area contributed by atoms with Crippen molar-refractivity contribution < 1.29 is 4.74 Å². The Bertz CT molecular complexity index is 730. The molecule has 2 aromatic rings. The van der Waals surface area contributed by atoms with E-state index >= 15 is 0 Å². The molecule has 0 aliphatic heterocycles. The van der Waals surface area contributed by atoms with E-state index in [1.165, 1.54) is 12.8 Å². The number of nitrogens with one attached hydrogen (secondary N) is 1. The third-order valence-corrected chi connectivity index (χ3v) is 5.04. The van der Waals surface area contributed by atoms with Crippen LogP contribution in [0.25, 0.3) is 0 Å². The monoisotopic (exact) mass is 486 g/mol. The van der Waals surface area contributed by atoms with Crippen LogP contribution in [0, 0.1) is 12.8 Å². The molecule has 0 radical (unpaired) electrons. The molecule has 1 aromatic heterocycles. The summed E-state index contributed by atoms with van der Waals surface area (Å²) in [5.41, 5.74) is 2.23. The van der Waals surface area contributed by atoms with Gasteiger partial charge in [0.1, 0.15) is 5.75 Å². The third-order valence-electron chi connectivity index (χ3n) is 4.22. The number of benzene rings is 1. The molecule has 1 fully saturated rings. The zero-order chi connectivity index (χ0) is 17.6. The number of nitrogens with zero attached hydrogens (tertiary/aromatic N) is 3. The fraction of sp³-hybridized carbons (Fsp3) is 0.474. The van der Waals surface area contributed by atoms with Gasteiger partial charge in [-0.1, -0.05) is 18.2 Å². The lowest BCUT2D eigenvalue weighted by atomic mass is 10.2. The van der Waals surface area contributed by atoms with E-state index in [-0.39, 0.29) is 24.0 Å². The second-order valence-electron chi connectivity index (χ2n) is 6.48. The smallest absolute Gasteiger partial charge is 0.194 e. The summed E-state index contributed by atoms with van der Waals surface area (Å²) < 4.78 is 5.98. The molecule has 0 atom stereocenters. The summed E-state index contributed by atoms with van der Waals surface area (Å²) in [6.07, 6.45) is 2.60. The fourth-order valence-electron chi connectivity index (χ4n) is 2.64. The molecule has 0 saturated heterocycles. The largest absolute Gasteiger partial charge is 0.493 e. The van der Waals surface area contributed by atoms with Gasteiger partial charge in [0, 0.05) is 31.6 Å². The Kier molecular flexibility index (Phi) is 8.15. The molecule has 1 aliphatic carbocycles. The molecule has 7 heteroatoms. The van der Waals surface area contributed by atoms with E-state index in [0.717, 1.165) is 47.0 Å². The topological polar surface area (TPSA) is 49.8 Å². The molecule has 0 unspecified atom stereocenters. The van der Waals surface area contributed by atoms with Crippen molar-refractivity contribution in [2.45, 2.75) is 32.9 Å². The number of para-hydroxylation sites is 1. The van der Waals surface area contributed by atoms with Crippen molar-refractivity contribution in [3.05, 3.63) is 45.9 Å². The van der Waals surface area contributed by atoms with Gasteiger partial charge in [0.2, 0.25) is 0 Å². The van der Waals surface area contributed by atoms with Gasteiger partial charge in [-0.15, -0.1) is 35.3 Å². The Morgan fingerprint density at radius 3 is 2.81 bits per heavy atom. The van der Waals surface area contributed by atoms with Gasteiger partial charge in [0.25, 0.3) is 0 Å². The van der Waals surface area contributed by atoms with E-state index in [2.05, 4.69) is 31.6 Å². The number of aliphatic imine (C=N–C) groups is 1. The number of hydrogen-bond donors (Lipinski definition) is 1. The molecule has 1 saturated carbocycles. The predicted molar refractivity (Wildman–Crippen MR) is 119 cm³/mol. The second kappa shape index (κ2) is 10.1. The van der Waals surface area contributed by atoms with Crippen molar-refractivity contribution in [2.75, 3.05) is 20.7 Å². The van der Waals surface area contributed by atoms with Gasteiger partial charge >= 0.3 is 0 Å². The molecule has 5 nitrogen and oxygen atoms in total. The molecule has 1 N–H and O–H groups in total. The molecule has 1 aromatic carbocycles. The number of aryl methyl sites for hydroxylation is 1. The average molecular weight is 486 g/mol. The number of rotatable bonds is 7. The van der Waals surface area contributed by atoms with Gasteiger partial charge in [-0.2, -0.15) is 0 Å². The van der Waals surface area contributed by atoms with E-state index in [4.69, 9.17) is 4.74 Å². The van der Waals surface area contributed by atoms with Crippen molar-refractivity contribution in [3.63, 3.8) is 0 Å². The first-order valence-electron chi connectivity index (χ1n) is 8.69. The highest BCUT2D eigenvalue weighted by atomic mass is 127. The lowest BCUT2D eigenvalue weighted by molar-refractivity contribution is 0.296. The predicted octanol–water partition coefficient (Wildman–Crippen LogP) is 4.07. The van der Waals surface area contributed by atoms with Gasteiger partial charge in [-0.25, -0.2) is 4.98 Å². The van der Waals surface area contributed by atoms with Crippen LogP contribution in [0.3, 0.4) is 0 Å². The highest BCUT2D eigenvalue weighted by Gasteiger charge is 2.22. The van der Waals surface area contributed by atoms with E-state index in [1.54, 1.807) is 18.4 Å². The minimum atomic E-state index is 0. The Balaban J connectivity index is 0.00000243. The lowest BCUT2D eigenvalue weighted by Gasteiger charge is -2.22. The Labute approximate surface area is 176 Å². The van der Waals surface area contributed by atoms with Gasteiger partial charge in [-0.05, 0) is 31.7 Å². The Morgan fingerprint density at radius 2 is 2.15 bits per heavy atom. The summed E-state index contributed by atoms with van der Waals surface area (Å²) in [4.78, 5) is 11.0. The number of aromatic nitrogens is 1. The number of hydrogen-bond acceptors (Lipinski definition) is 4. The Morgan fingerprint density at radius 1 is 1.38 bits per heavy atom. The summed E-state index contributed by atoms with van der Waals surface area (Å²) >= 11 is 1.68. The third kappa shape index (κ3) is 6.12. The quantitative estimate of drug-likeness (QED) is 0.364. The van der Waals surface area contributed by atoms with Crippen LogP contribution >= 0.6 is 35.3 Å². The Hall–Kier alpha value is -1.35. The first kappa shape index (κ1) is 21.0. The number of guanidine groups is 1. The van der Waals surface area contributed by atoms with Crippen molar-refractivity contribution in [1.29, 1.82) is 0 Å². The van der Waals surface area contributed by atoms with Gasteiger partial charge in [0.15, 0.2) is 5.96 Å². The standard InChI is InChI=1S/C19H26N4OS.HI/c1-14-22-17(13-25-14)11-23(3)19(20-2)21-10-16-6-4-5-7-18(16)24-12-15-8-9-15;/h4-7,13,15H,8-12H2,1-3H3,(H,20,21);1H. The van der Waals surface area contributed by atoms with Crippen LogP contribution in [0.4, 0.5) is 0 Å². The van der Waals surface area contributed by atoms with Gasteiger partial charge in [0.05, 0.1) is 23.9 Å². The summed E-state index contributed by atoms with van der Waals surface area (Å²) in [6, 6.07) is 8.22. The van der Waals surface area contributed by atoms with Gasteiger partial charge < -0.3 is 15.0 Å². The minimum absolute atomic E-state index is 0. The first-order chi connectivity index (χ1) is 12.2. The number of halogens is 1. The minimum Gasteiger partial charge on any atom is -0.493 e. The summed E-state index contributed by atoms with van der Waals surface area (Å²) in [5.74, 6) is 2.57. The molecule has 3 rings (SSSR count). The highest BCUT2D eigenvalue weighted by Crippen LogP contribution is 2.30. The van der Waals surface area contributed by atoms with Crippen LogP contribution in [0.2, 0.25) is 0 Å². The normalized spacial score (nSPS) is 13.9. The van der Waals surface area contributed by atoms with Crippen molar-refractivity contribution >= 4 is 41.3 Å². The van der Waals surface area contributed by atoms with E-state index < -0.39 is 0 Å².